The standard InChI is InChI=1S/C7H12N2O/c1-6(10)7-8(2)4-5-9(7)3/h4-5,10H,1-3H3. The van der Waals surface area contributed by atoms with E-state index in [0.29, 0.717) is 5.76 Å². The van der Waals surface area contributed by atoms with Crippen molar-refractivity contribution in [2.24, 2.45) is 0 Å². The van der Waals surface area contributed by atoms with E-state index in [9.17, 15) is 0 Å². The molecular formula is C7H12N2O. The molecule has 1 rings (SSSR count). The van der Waals surface area contributed by atoms with Gasteiger partial charge in [-0.25, -0.2) is 0 Å². The van der Waals surface area contributed by atoms with Crippen LogP contribution in [0.2, 0.25) is 0 Å². The van der Waals surface area contributed by atoms with Crippen LogP contribution in [0.15, 0.2) is 24.0 Å². The normalized spacial score (nSPS) is 16.9. The molecule has 0 radical (unpaired) electrons. The van der Waals surface area contributed by atoms with Gasteiger partial charge in [0.1, 0.15) is 11.6 Å². The van der Waals surface area contributed by atoms with Gasteiger partial charge in [-0.15, -0.1) is 0 Å². The van der Waals surface area contributed by atoms with Crippen molar-refractivity contribution >= 4 is 0 Å². The van der Waals surface area contributed by atoms with Gasteiger partial charge in [0.2, 0.25) is 0 Å². The van der Waals surface area contributed by atoms with Crippen LogP contribution in [-0.2, 0) is 0 Å². The van der Waals surface area contributed by atoms with E-state index in [0.717, 1.165) is 5.82 Å². The molecule has 0 aromatic heterocycles. The number of allylic oxidation sites excluding steroid dienone is 1. The highest BCUT2D eigenvalue weighted by molar-refractivity contribution is 5.14. The molecule has 1 N–H and O–H groups in total. The highest BCUT2D eigenvalue weighted by Gasteiger charge is 2.14. The fourth-order valence-corrected chi connectivity index (χ4v) is 1.10. The predicted octanol–water partition coefficient (Wildman–Crippen LogP) is 1.08. The monoisotopic (exact) mass is 140 g/mol. The van der Waals surface area contributed by atoms with Crippen LogP contribution in [0.4, 0.5) is 0 Å². The summed E-state index contributed by atoms with van der Waals surface area (Å²) in [5.41, 5.74) is 0. The Morgan fingerprint density at radius 3 is 1.90 bits per heavy atom. The zero-order valence-corrected chi connectivity index (χ0v) is 6.50. The highest BCUT2D eigenvalue weighted by atomic mass is 16.3. The van der Waals surface area contributed by atoms with E-state index < -0.39 is 0 Å². The van der Waals surface area contributed by atoms with Crippen molar-refractivity contribution in [1.82, 2.24) is 9.80 Å². The van der Waals surface area contributed by atoms with Crippen LogP contribution in [0, 0.1) is 0 Å². The van der Waals surface area contributed by atoms with Crippen molar-refractivity contribution in [1.29, 1.82) is 0 Å². The molecule has 0 aromatic carbocycles. The lowest BCUT2D eigenvalue weighted by Crippen LogP contribution is -2.17. The second kappa shape index (κ2) is 2.25. The van der Waals surface area contributed by atoms with Crippen LogP contribution in [0.25, 0.3) is 0 Å². The minimum Gasteiger partial charge on any atom is -0.509 e. The first-order valence-electron chi connectivity index (χ1n) is 3.16. The van der Waals surface area contributed by atoms with Gasteiger partial charge >= 0.3 is 0 Å². The Kier molecular flexibility index (Phi) is 1.57. The minimum atomic E-state index is 0.343. The van der Waals surface area contributed by atoms with E-state index in [-0.39, 0.29) is 0 Å². The molecule has 1 heterocycles. The van der Waals surface area contributed by atoms with E-state index in [4.69, 9.17) is 5.11 Å². The van der Waals surface area contributed by atoms with Gasteiger partial charge in [0, 0.05) is 26.5 Å². The summed E-state index contributed by atoms with van der Waals surface area (Å²) in [6, 6.07) is 0. The molecule has 0 saturated carbocycles. The smallest absolute Gasteiger partial charge is 0.150 e. The molecule has 10 heavy (non-hydrogen) atoms. The topological polar surface area (TPSA) is 26.7 Å². The number of aliphatic hydroxyl groups is 1. The quantitative estimate of drug-likeness (QED) is 0.510. The molecule has 0 amide bonds. The summed E-state index contributed by atoms with van der Waals surface area (Å²) in [5.74, 6) is 1.18. The lowest BCUT2D eigenvalue weighted by atomic mass is 10.5. The molecule has 0 atom stereocenters. The van der Waals surface area contributed by atoms with Crippen molar-refractivity contribution < 1.29 is 5.11 Å². The second-order valence-corrected chi connectivity index (χ2v) is 2.43. The summed E-state index contributed by atoms with van der Waals surface area (Å²) in [7, 11) is 3.80. The van der Waals surface area contributed by atoms with E-state index in [1.54, 1.807) is 6.92 Å². The third-order valence-electron chi connectivity index (χ3n) is 1.51. The van der Waals surface area contributed by atoms with Crippen LogP contribution in [0.3, 0.4) is 0 Å². The molecule has 3 nitrogen and oxygen atoms in total. The van der Waals surface area contributed by atoms with E-state index in [1.807, 2.05) is 36.3 Å². The van der Waals surface area contributed by atoms with Crippen LogP contribution in [-0.4, -0.2) is 29.0 Å². The third kappa shape index (κ3) is 0.943. The fourth-order valence-electron chi connectivity index (χ4n) is 1.10. The second-order valence-electron chi connectivity index (χ2n) is 2.43. The summed E-state index contributed by atoms with van der Waals surface area (Å²) in [6.45, 7) is 1.68. The maximum atomic E-state index is 9.15. The molecule has 56 valence electrons. The zero-order valence-electron chi connectivity index (χ0n) is 6.50. The maximum Gasteiger partial charge on any atom is 0.150 e. The van der Waals surface area contributed by atoms with E-state index in [1.165, 1.54) is 0 Å². The molecule has 0 fully saturated rings. The Hall–Kier alpha value is -1.12. The predicted molar refractivity (Wildman–Crippen MR) is 40.0 cm³/mol. The molecule has 0 unspecified atom stereocenters. The molecule has 0 aliphatic carbocycles. The van der Waals surface area contributed by atoms with Gasteiger partial charge < -0.3 is 14.9 Å². The maximum absolute atomic E-state index is 9.15. The molecule has 1 aliphatic heterocycles. The molecular weight excluding hydrogens is 128 g/mol. The van der Waals surface area contributed by atoms with E-state index in [2.05, 4.69) is 0 Å². The lowest BCUT2D eigenvalue weighted by molar-refractivity contribution is 0.339. The molecule has 0 aromatic rings. The fraction of sp³-hybridized carbons (Fsp3) is 0.429. The summed E-state index contributed by atoms with van der Waals surface area (Å²) >= 11 is 0. The molecule has 0 spiro atoms. The van der Waals surface area contributed by atoms with Gasteiger partial charge in [-0.3, -0.25) is 0 Å². The van der Waals surface area contributed by atoms with Crippen molar-refractivity contribution in [3.05, 3.63) is 24.0 Å². The van der Waals surface area contributed by atoms with Crippen LogP contribution in [0.5, 0.6) is 0 Å². The minimum absolute atomic E-state index is 0.343. The Balaban J connectivity index is 2.90. The number of aliphatic hydroxyl groups excluding tert-OH is 1. The lowest BCUT2D eigenvalue weighted by Gasteiger charge is -2.17. The van der Waals surface area contributed by atoms with Crippen molar-refractivity contribution in [2.75, 3.05) is 14.1 Å². The first-order valence-corrected chi connectivity index (χ1v) is 3.16. The first kappa shape index (κ1) is 6.99. The van der Waals surface area contributed by atoms with Gasteiger partial charge in [0.25, 0.3) is 0 Å². The Bertz CT molecular complexity index is 178. The van der Waals surface area contributed by atoms with E-state index >= 15 is 0 Å². The highest BCUT2D eigenvalue weighted by Crippen LogP contribution is 2.17. The Labute approximate surface area is 60.9 Å². The molecule has 1 aliphatic rings. The summed E-state index contributed by atoms with van der Waals surface area (Å²) in [4.78, 5) is 3.74. The average Bonchev–Trinajstić information content (AvgIpc) is 2.11. The first-order chi connectivity index (χ1) is 4.63. The molecule has 0 bridgehead atoms. The summed E-state index contributed by atoms with van der Waals surface area (Å²) < 4.78 is 0. The number of rotatable bonds is 0. The van der Waals surface area contributed by atoms with Crippen LogP contribution < -0.4 is 0 Å². The average molecular weight is 140 g/mol. The largest absolute Gasteiger partial charge is 0.509 e. The number of hydrogen-bond donors (Lipinski definition) is 1. The zero-order chi connectivity index (χ0) is 7.72. The number of nitrogens with zero attached hydrogens (tertiary/aromatic N) is 2. The summed E-state index contributed by atoms with van der Waals surface area (Å²) in [5, 5.41) is 9.15. The van der Waals surface area contributed by atoms with Crippen LogP contribution in [0.1, 0.15) is 6.92 Å². The molecule has 0 saturated heterocycles. The number of hydrogen-bond acceptors (Lipinski definition) is 3. The van der Waals surface area contributed by atoms with Gasteiger partial charge in [-0.05, 0) is 6.92 Å². The van der Waals surface area contributed by atoms with Crippen molar-refractivity contribution in [3.8, 4) is 0 Å². The van der Waals surface area contributed by atoms with Gasteiger partial charge in [-0.2, -0.15) is 0 Å². The summed E-state index contributed by atoms with van der Waals surface area (Å²) in [6.07, 6.45) is 3.80. The van der Waals surface area contributed by atoms with Gasteiger partial charge in [0.05, 0.1) is 0 Å². The SMILES string of the molecule is CC(O)=C1N(C)C=CN1C. The van der Waals surface area contributed by atoms with Crippen molar-refractivity contribution in [2.45, 2.75) is 6.92 Å². The van der Waals surface area contributed by atoms with Crippen LogP contribution >= 0.6 is 0 Å². The molecule has 3 heteroatoms. The Morgan fingerprint density at radius 1 is 1.30 bits per heavy atom. The van der Waals surface area contributed by atoms with Crippen molar-refractivity contribution in [3.63, 3.8) is 0 Å². The van der Waals surface area contributed by atoms with Gasteiger partial charge in [-0.1, -0.05) is 0 Å². The van der Waals surface area contributed by atoms with Gasteiger partial charge in [0.15, 0.2) is 0 Å². The Morgan fingerprint density at radius 2 is 1.70 bits per heavy atom. The third-order valence-corrected chi connectivity index (χ3v) is 1.51.